The fourth-order valence-electron chi connectivity index (χ4n) is 2.38. The number of aliphatic imine (C=N–C) groups is 1. The Hall–Kier alpha value is -2.53. The van der Waals surface area contributed by atoms with E-state index >= 15 is 0 Å². The molecule has 5 heteroatoms. The third-order valence-electron chi connectivity index (χ3n) is 3.54. The van der Waals surface area contributed by atoms with Crippen LogP contribution in [0.5, 0.6) is 5.75 Å². The largest absolute Gasteiger partial charge is 0.507 e. The minimum atomic E-state index is -0.0696. The van der Waals surface area contributed by atoms with Gasteiger partial charge in [0.25, 0.3) is 5.91 Å². The number of rotatable bonds is 4. The molecule has 0 unspecified atom stereocenters. The van der Waals surface area contributed by atoms with Gasteiger partial charge in [-0.2, -0.15) is 0 Å². The molecule has 1 saturated heterocycles. The van der Waals surface area contributed by atoms with E-state index in [0.29, 0.717) is 22.2 Å². The summed E-state index contributed by atoms with van der Waals surface area (Å²) in [6, 6.07) is 16.6. The van der Waals surface area contributed by atoms with E-state index in [1.165, 1.54) is 11.8 Å². The van der Waals surface area contributed by atoms with Gasteiger partial charge in [-0.1, -0.05) is 43.3 Å². The number of hydrogen-bond donors (Lipinski definition) is 1. The molecule has 1 fully saturated rings. The molecular weight excluding hydrogens is 320 g/mol. The number of nitrogens with zero attached hydrogens (tertiary/aromatic N) is 2. The second kappa shape index (κ2) is 7.36. The van der Waals surface area contributed by atoms with Crippen molar-refractivity contribution in [2.24, 2.45) is 4.99 Å². The Bertz CT molecular complexity index is 800. The van der Waals surface area contributed by atoms with Gasteiger partial charge >= 0.3 is 0 Å². The maximum atomic E-state index is 12.7. The van der Waals surface area contributed by atoms with Crippen LogP contribution < -0.4 is 0 Å². The van der Waals surface area contributed by atoms with Gasteiger partial charge < -0.3 is 5.11 Å². The van der Waals surface area contributed by atoms with E-state index in [4.69, 9.17) is 0 Å². The summed E-state index contributed by atoms with van der Waals surface area (Å²) in [6.45, 7) is 2.65. The van der Waals surface area contributed by atoms with E-state index in [1.54, 1.807) is 29.2 Å². The normalized spacial score (nSPS) is 17.9. The molecular formula is C19H18N2O2S. The monoisotopic (exact) mass is 338 g/mol. The molecule has 1 heterocycles. The van der Waals surface area contributed by atoms with Crippen LogP contribution in [0.4, 0.5) is 5.69 Å². The number of carbonyl (C=O) groups excluding carboxylic acids is 1. The number of para-hydroxylation sites is 2. The Morgan fingerprint density at radius 3 is 2.54 bits per heavy atom. The summed E-state index contributed by atoms with van der Waals surface area (Å²) in [6.07, 6.45) is 2.57. The first-order valence-corrected chi connectivity index (χ1v) is 8.64. The average molecular weight is 338 g/mol. The lowest BCUT2D eigenvalue weighted by Crippen LogP contribution is -2.29. The van der Waals surface area contributed by atoms with Crippen molar-refractivity contribution in [3.63, 3.8) is 0 Å². The molecule has 1 aliphatic rings. The molecule has 3 rings (SSSR count). The second-order valence-corrected chi connectivity index (χ2v) is 6.37. The fraction of sp³-hybridized carbons (Fsp3) is 0.158. The van der Waals surface area contributed by atoms with Crippen molar-refractivity contribution in [3.05, 3.63) is 65.1 Å². The lowest BCUT2D eigenvalue weighted by Gasteiger charge is -2.13. The standard InChI is InChI=1S/C19H18N2O2S/c1-2-12-21-18(23)17(13-14-8-6-7-11-16(14)22)24-19(21)20-15-9-4-3-5-10-15/h3-11,13,22H,2,12H2,1H3/b17-13+,20-19?. The minimum Gasteiger partial charge on any atom is -0.507 e. The third kappa shape index (κ3) is 3.51. The van der Waals surface area contributed by atoms with Crippen LogP contribution in [0.25, 0.3) is 6.08 Å². The summed E-state index contributed by atoms with van der Waals surface area (Å²) in [5.74, 6) is 0.0914. The molecule has 2 aromatic carbocycles. The topological polar surface area (TPSA) is 52.9 Å². The van der Waals surface area contributed by atoms with Crippen LogP contribution in [0.2, 0.25) is 0 Å². The Morgan fingerprint density at radius 1 is 1.12 bits per heavy atom. The van der Waals surface area contributed by atoms with Crippen molar-refractivity contribution in [1.29, 1.82) is 0 Å². The van der Waals surface area contributed by atoms with Crippen molar-refractivity contribution in [1.82, 2.24) is 4.90 Å². The van der Waals surface area contributed by atoms with Crippen LogP contribution in [0.15, 0.2) is 64.5 Å². The summed E-state index contributed by atoms with van der Waals surface area (Å²) in [4.78, 5) is 19.6. The van der Waals surface area contributed by atoms with Crippen molar-refractivity contribution in [2.75, 3.05) is 6.54 Å². The van der Waals surface area contributed by atoms with E-state index in [9.17, 15) is 9.90 Å². The maximum absolute atomic E-state index is 12.7. The molecule has 122 valence electrons. The number of phenols is 1. The van der Waals surface area contributed by atoms with Crippen LogP contribution in [-0.2, 0) is 4.79 Å². The SMILES string of the molecule is CCCN1C(=O)/C(=C\c2ccccc2O)SC1=Nc1ccccc1. The number of aromatic hydroxyl groups is 1. The van der Waals surface area contributed by atoms with Crippen LogP contribution in [0, 0.1) is 0 Å². The fourth-order valence-corrected chi connectivity index (χ4v) is 3.39. The molecule has 24 heavy (non-hydrogen) atoms. The van der Waals surface area contributed by atoms with E-state index < -0.39 is 0 Å². The van der Waals surface area contributed by atoms with Gasteiger partial charge in [-0.15, -0.1) is 0 Å². The van der Waals surface area contributed by atoms with Crippen LogP contribution >= 0.6 is 11.8 Å². The Balaban J connectivity index is 1.95. The third-order valence-corrected chi connectivity index (χ3v) is 4.55. The highest BCUT2D eigenvalue weighted by molar-refractivity contribution is 8.18. The molecule has 0 aromatic heterocycles. The van der Waals surface area contributed by atoms with Crippen molar-refractivity contribution in [3.8, 4) is 5.75 Å². The van der Waals surface area contributed by atoms with Gasteiger partial charge in [-0.3, -0.25) is 9.69 Å². The smallest absolute Gasteiger partial charge is 0.266 e. The van der Waals surface area contributed by atoms with Gasteiger partial charge in [0.1, 0.15) is 5.75 Å². The lowest BCUT2D eigenvalue weighted by atomic mass is 10.2. The maximum Gasteiger partial charge on any atom is 0.266 e. The Labute approximate surface area is 145 Å². The molecule has 2 aromatic rings. The minimum absolute atomic E-state index is 0.0696. The average Bonchev–Trinajstić information content (AvgIpc) is 2.87. The van der Waals surface area contributed by atoms with Gasteiger partial charge in [-0.05, 0) is 42.5 Å². The zero-order chi connectivity index (χ0) is 16.9. The molecule has 1 N–H and O–H groups in total. The van der Waals surface area contributed by atoms with E-state index in [-0.39, 0.29) is 11.7 Å². The highest BCUT2D eigenvalue weighted by Gasteiger charge is 2.32. The first-order chi connectivity index (χ1) is 11.7. The Kier molecular flexibility index (Phi) is 5.01. The molecule has 0 atom stereocenters. The molecule has 0 saturated carbocycles. The summed E-state index contributed by atoms with van der Waals surface area (Å²) < 4.78 is 0. The number of benzene rings is 2. The summed E-state index contributed by atoms with van der Waals surface area (Å²) in [5.41, 5.74) is 1.45. The molecule has 0 bridgehead atoms. The van der Waals surface area contributed by atoms with Crippen LogP contribution in [0.3, 0.4) is 0 Å². The summed E-state index contributed by atoms with van der Waals surface area (Å²) >= 11 is 1.34. The molecule has 4 nitrogen and oxygen atoms in total. The number of carbonyl (C=O) groups is 1. The quantitative estimate of drug-likeness (QED) is 0.840. The first kappa shape index (κ1) is 16.3. The predicted octanol–water partition coefficient (Wildman–Crippen LogP) is 4.41. The number of thioether (sulfide) groups is 1. The number of amides is 1. The second-order valence-electron chi connectivity index (χ2n) is 5.36. The highest BCUT2D eigenvalue weighted by Crippen LogP contribution is 2.35. The molecule has 1 aliphatic heterocycles. The van der Waals surface area contributed by atoms with Crippen molar-refractivity contribution < 1.29 is 9.90 Å². The first-order valence-electron chi connectivity index (χ1n) is 7.82. The van der Waals surface area contributed by atoms with Crippen molar-refractivity contribution >= 4 is 34.6 Å². The molecule has 1 amide bonds. The number of phenolic OH excluding ortho intramolecular Hbond substituents is 1. The summed E-state index contributed by atoms with van der Waals surface area (Å²) in [5, 5.41) is 10.6. The van der Waals surface area contributed by atoms with Crippen molar-refractivity contribution in [2.45, 2.75) is 13.3 Å². The van der Waals surface area contributed by atoms with Crippen LogP contribution in [-0.4, -0.2) is 27.6 Å². The number of amidine groups is 1. The van der Waals surface area contributed by atoms with Crippen LogP contribution in [0.1, 0.15) is 18.9 Å². The van der Waals surface area contributed by atoms with E-state index in [0.717, 1.165) is 12.1 Å². The van der Waals surface area contributed by atoms with Gasteiger partial charge in [0, 0.05) is 12.1 Å². The Morgan fingerprint density at radius 2 is 1.83 bits per heavy atom. The van der Waals surface area contributed by atoms with Gasteiger partial charge in [0.2, 0.25) is 0 Å². The van der Waals surface area contributed by atoms with Gasteiger partial charge in [0.15, 0.2) is 5.17 Å². The lowest BCUT2D eigenvalue weighted by molar-refractivity contribution is -0.122. The van der Waals surface area contributed by atoms with Gasteiger partial charge in [0.05, 0.1) is 10.6 Å². The number of hydrogen-bond acceptors (Lipinski definition) is 4. The van der Waals surface area contributed by atoms with E-state index in [1.807, 2.05) is 43.3 Å². The zero-order valence-corrected chi connectivity index (χ0v) is 14.2. The molecule has 0 spiro atoms. The zero-order valence-electron chi connectivity index (χ0n) is 13.3. The molecule has 0 aliphatic carbocycles. The predicted molar refractivity (Wildman–Crippen MR) is 99.2 cm³/mol. The summed E-state index contributed by atoms with van der Waals surface area (Å²) in [7, 11) is 0. The molecule has 0 radical (unpaired) electrons. The highest BCUT2D eigenvalue weighted by atomic mass is 32.2. The van der Waals surface area contributed by atoms with Gasteiger partial charge in [-0.25, -0.2) is 4.99 Å². The van der Waals surface area contributed by atoms with E-state index in [2.05, 4.69) is 4.99 Å².